The summed E-state index contributed by atoms with van der Waals surface area (Å²) < 4.78 is 7.92. The van der Waals surface area contributed by atoms with Gasteiger partial charge in [-0.3, -0.25) is 10.1 Å². The van der Waals surface area contributed by atoms with Crippen molar-refractivity contribution in [2.75, 3.05) is 5.73 Å². The fourth-order valence-corrected chi connectivity index (χ4v) is 3.24. The first-order chi connectivity index (χ1) is 14.0. The van der Waals surface area contributed by atoms with Gasteiger partial charge in [0.05, 0.1) is 16.3 Å². The highest BCUT2D eigenvalue weighted by Gasteiger charge is 2.15. The Hall–Kier alpha value is -3.65. The molecule has 0 aliphatic rings. The third kappa shape index (κ3) is 3.97. The normalized spacial score (nSPS) is 10.7. The van der Waals surface area contributed by atoms with Gasteiger partial charge < -0.3 is 10.5 Å². The van der Waals surface area contributed by atoms with E-state index in [4.69, 9.17) is 10.5 Å². The van der Waals surface area contributed by atoms with Crippen molar-refractivity contribution in [3.05, 3.63) is 93.4 Å². The van der Waals surface area contributed by atoms with Gasteiger partial charge in [0.15, 0.2) is 0 Å². The highest BCUT2D eigenvalue weighted by molar-refractivity contribution is 9.10. The van der Waals surface area contributed by atoms with Crippen LogP contribution in [0.2, 0.25) is 0 Å². The Bertz CT molecular complexity index is 1170. The van der Waals surface area contributed by atoms with Crippen molar-refractivity contribution in [1.29, 1.82) is 0 Å². The molecule has 4 aromatic rings. The molecule has 2 N–H and O–H groups in total. The van der Waals surface area contributed by atoms with E-state index >= 15 is 0 Å². The molecule has 0 saturated carbocycles. The van der Waals surface area contributed by atoms with Gasteiger partial charge in [-0.25, -0.2) is 4.68 Å². The van der Waals surface area contributed by atoms with E-state index in [1.807, 2.05) is 54.6 Å². The quantitative estimate of drug-likeness (QED) is 0.316. The number of para-hydroxylation sites is 1. The Kier molecular flexibility index (Phi) is 5.01. The molecule has 0 radical (unpaired) electrons. The van der Waals surface area contributed by atoms with Crippen LogP contribution in [-0.4, -0.2) is 14.7 Å². The van der Waals surface area contributed by atoms with Gasteiger partial charge in [0, 0.05) is 28.2 Å². The minimum absolute atomic E-state index is 0.0398. The molecule has 0 aliphatic carbocycles. The van der Waals surface area contributed by atoms with Crippen LogP contribution in [0.5, 0.6) is 11.5 Å². The highest BCUT2D eigenvalue weighted by Crippen LogP contribution is 2.31. The van der Waals surface area contributed by atoms with Crippen molar-refractivity contribution in [2.24, 2.45) is 0 Å². The van der Waals surface area contributed by atoms with Crippen molar-refractivity contribution in [2.45, 2.75) is 0 Å². The number of nitro groups is 1. The van der Waals surface area contributed by atoms with Gasteiger partial charge in [0.2, 0.25) is 0 Å². The first-order valence-electron chi connectivity index (χ1n) is 8.64. The van der Waals surface area contributed by atoms with Crippen LogP contribution in [0, 0.1) is 10.1 Å². The van der Waals surface area contributed by atoms with Crippen LogP contribution in [0.15, 0.2) is 83.3 Å². The summed E-state index contributed by atoms with van der Waals surface area (Å²) in [5.41, 5.74) is 8.07. The minimum atomic E-state index is -0.456. The van der Waals surface area contributed by atoms with Crippen LogP contribution >= 0.6 is 15.9 Å². The summed E-state index contributed by atoms with van der Waals surface area (Å²) in [5, 5.41) is 15.6. The molecule has 1 aromatic heterocycles. The second-order valence-electron chi connectivity index (χ2n) is 6.20. The first kappa shape index (κ1) is 18.7. The van der Waals surface area contributed by atoms with Crippen LogP contribution in [0.3, 0.4) is 0 Å². The number of benzene rings is 3. The van der Waals surface area contributed by atoms with Gasteiger partial charge in [-0.15, -0.1) is 0 Å². The Labute approximate surface area is 174 Å². The number of nitrogen functional groups attached to an aromatic ring is 1. The third-order valence-corrected chi connectivity index (χ3v) is 4.91. The van der Waals surface area contributed by atoms with Gasteiger partial charge in [0.25, 0.3) is 5.69 Å². The van der Waals surface area contributed by atoms with Crippen LogP contribution in [0.25, 0.3) is 16.9 Å². The lowest BCUT2D eigenvalue weighted by Gasteiger charge is -2.07. The number of ether oxygens (including phenoxy) is 1. The maximum Gasteiger partial charge on any atom is 0.271 e. The number of rotatable bonds is 5. The number of aromatic nitrogens is 2. The number of hydrogen-bond donors (Lipinski definition) is 1. The number of halogens is 1. The smallest absolute Gasteiger partial charge is 0.271 e. The Morgan fingerprint density at radius 3 is 2.34 bits per heavy atom. The predicted molar refractivity (Wildman–Crippen MR) is 114 cm³/mol. The maximum absolute atomic E-state index is 11.1. The molecule has 29 heavy (non-hydrogen) atoms. The summed E-state index contributed by atoms with van der Waals surface area (Å²) in [7, 11) is 0. The van der Waals surface area contributed by atoms with E-state index in [2.05, 4.69) is 21.0 Å². The van der Waals surface area contributed by atoms with Crippen molar-refractivity contribution >= 4 is 27.4 Å². The molecular weight excluding hydrogens is 436 g/mol. The Morgan fingerprint density at radius 1 is 0.966 bits per heavy atom. The average Bonchev–Trinajstić information content (AvgIpc) is 3.11. The lowest BCUT2D eigenvalue weighted by atomic mass is 10.1. The van der Waals surface area contributed by atoms with Crippen molar-refractivity contribution in [1.82, 2.24) is 9.78 Å². The molecule has 7 nitrogen and oxygen atoms in total. The van der Waals surface area contributed by atoms with Gasteiger partial charge in [-0.05, 0) is 58.4 Å². The van der Waals surface area contributed by atoms with E-state index in [0.717, 1.165) is 11.3 Å². The van der Waals surface area contributed by atoms with Crippen LogP contribution in [0.4, 0.5) is 11.5 Å². The SMILES string of the molecule is Nc1cc(-c2ccc(Oc3ccccc3)cc2)nn1-c1cc([N+](=O)[O-])ccc1Br. The van der Waals surface area contributed by atoms with Gasteiger partial charge in [-0.1, -0.05) is 18.2 Å². The van der Waals surface area contributed by atoms with Gasteiger partial charge in [-0.2, -0.15) is 5.10 Å². The summed E-state index contributed by atoms with van der Waals surface area (Å²) in [4.78, 5) is 10.6. The summed E-state index contributed by atoms with van der Waals surface area (Å²) in [6.07, 6.45) is 0. The largest absolute Gasteiger partial charge is 0.457 e. The fourth-order valence-electron chi connectivity index (χ4n) is 2.82. The average molecular weight is 451 g/mol. The topological polar surface area (TPSA) is 96.2 Å². The second-order valence-corrected chi connectivity index (χ2v) is 7.05. The molecule has 8 heteroatoms. The number of nitrogens with two attached hydrogens (primary N) is 1. The van der Waals surface area contributed by atoms with Gasteiger partial charge in [0.1, 0.15) is 17.3 Å². The van der Waals surface area contributed by atoms with E-state index in [0.29, 0.717) is 27.4 Å². The fraction of sp³-hybridized carbons (Fsp3) is 0. The molecule has 0 atom stereocenters. The number of anilines is 1. The third-order valence-electron chi connectivity index (χ3n) is 4.23. The minimum Gasteiger partial charge on any atom is -0.457 e. The standard InChI is InChI=1S/C21H15BrN4O3/c22-18-11-8-15(26(27)28)12-20(18)25-21(23)13-19(24-25)14-6-9-17(10-7-14)29-16-4-2-1-3-5-16/h1-13H,23H2. The van der Waals surface area contributed by atoms with E-state index in [1.165, 1.54) is 16.8 Å². The molecule has 0 aliphatic heterocycles. The lowest BCUT2D eigenvalue weighted by molar-refractivity contribution is -0.384. The summed E-state index contributed by atoms with van der Waals surface area (Å²) in [6, 6.07) is 23.1. The van der Waals surface area contributed by atoms with Crippen LogP contribution in [-0.2, 0) is 0 Å². The molecule has 144 valence electrons. The number of nitrogens with zero attached hydrogens (tertiary/aromatic N) is 3. The first-order valence-corrected chi connectivity index (χ1v) is 9.44. The van der Waals surface area contributed by atoms with E-state index in [9.17, 15) is 10.1 Å². The monoisotopic (exact) mass is 450 g/mol. The molecule has 0 spiro atoms. The lowest BCUT2D eigenvalue weighted by Crippen LogP contribution is -2.03. The maximum atomic E-state index is 11.1. The van der Waals surface area contributed by atoms with Crippen LogP contribution in [0.1, 0.15) is 0 Å². The molecule has 1 heterocycles. The number of hydrogen-bond acceptors (Lipinski definition) is 5. The predicted octanol–water partition coefficient (Wildman–Crippen LogP) is 5.58. The Balaban J connectivity index is 1.63. The Morgan fingerprint density at radius 2 is 1.66 bits per heavy atom. The van der Waals surface area contributed by atoms with Crippen molar-refractivity contribution in [3.8, 4) is 28.4 Å². The van der Waals surface area contributed by atoms with Crippen molar-refractivity contribution < 1.29 is 9.66 Å². The van der Waals surface area contributed by atoms with E-state index in [1.54, 1.807) is 12.1 Å². The molecule has 0 fully saturated rings. The molecule has 0 bridgehead atoms. The molecule has 4 rings (SSSR count). The van der Waals surface area contributed by atoms with Gasteiger partial charge >= 0.3 is 0 Å². The van der Waals surface area contributed by atoms with E-state index < -0.39 is 4.92 Å². The summed E-state index contributed by atoms with van der Waals surface area (Å²) in [6.45, 7) is 0. The number of non-ortho nitro benzene ring substituents is 1. The molecule has 3 aromatic carbocycles. The molecule has 0 saturated heterocycles. The highest BCUT2D eigenvalue weighted by atomic mass is 79.9. The summed E-state index contributed by atoms with van der Waals surface area (Å²) in [5.74, 6) is 1.82. The number of nitro benzene ring substituents is 1. The summed E-state index contributed by atoms with van der Waals surface area (Å²) >= 11 is 3.40. The zero-order valence-electron chi connectivity index (χ0n) is 15.0. The molecule has 0 amide bonds. The zero-order valence-corrected chi connectivity index (χ0v) is 16.6. The van der Waals surface area contributed by atoms with Crippen molar-refractivity contribution in [3.63, 3.8) is 0 Å². The molecule has 0 unspecified atom stereocenters. The molecular formula is C21H15BrN4O3. The van der Waals surface area contributed by atoms with Crippen LogP contribution < -0.4 is 10.5 Å². The van der Waals surface area contributed by atoms with E-state index in [-0.39, 0.29) is 5.69 Å². The zero-order chi connectivity index (χ0) is 20.4. The second kappa shape index (κ2) is 7.76.